The normalized spacial score (nSPS) is 19.0. The number of hydrogen-bond donors (Lipinski definition) is 1. The molecule has 0 heterocycles. The Hall–Kier alpha value is -3.12. The summed E-state index contributed by atoms with van der Waals surface area (Å²) in [7, 11) is 0. The molecule has 36 heavy (non-hydrogen) atoms. The average Bonchev–Trinajstić information content (AvgIpc) is 2.89. The van der Waals surface area contributed by atoms with Gasteiger partial charge in [-0.15, -0.1) is 0 Å². The van der Waals surface area contributed by atoms with Gasteiger partial charge >= 0.3 is 6.18 Å². The number of rotatable bonds is 8. The molecule has 4 rings (SSSR count). The Morgan fingerprint density at radius 1 is 0.917 bits per heavy atom. The summed E-state index contributed by atoms with van der Waals surface area (Å²) >= 11 is 0. The Balaban J connectivity index is 1.37. The number of nitrogens with one attached hydrogen (secondary N) is 1. The fraction of sp³-hybridized carbons (Fsp3) is 0.367. The van der Waals surface area contributed by atoms with E-state index in [1.54, 1.807) is 0 Å². The highest BCUT2D eigenvalue weighted by Crippen LogP contribution is 2.38. The lowest BCUT2D eigenvalue weighted by atomic mass is 9.74. The molecule has 3 aromatic rings. The van der Waals surface area contributed by atoms with Crippen LogP contribution in [0.4, 0.5) is 13.2 Å². The van der Waals surface area contributed by atoms with Crippen LogP contribution in [0.25, 0.3) is 0 Å². The molecule has 0 aromatic heterocycles. The molecule has 1 amide bonds. The minimum absolute atomic E-state index is 0.0498. The van der Waals surface area contributed by atoms with Crippen molar-refractivity contribution in [3.05, 3.63) is 107 Å². The lowest BCUT2D eigenvalue weighted by Crippen LogP contribution is -2.37. The topological polar surface area (TPSA) is 38.3 Å². The minimum Gasteiger partial charge on any atom is -0.372 e. The van der Waals surface area contributed by atoms with Crippen molar-refractivity contribution in [3.63, 3.8) is 0 Å². The minimum atomic E-state index is -4.34. The van der Waals surface area contributed by atoms with Crippen molar-refractivity contribution in [1.29, 1.82) is 0 Å². The third-order valence-corrected chi connectivity index (χ3v) is 6.96. The van der Waals surface area contributed by atoms with Crippen molar-refractivity contribution in [2.75, 3.05) is 0 Å². The molecule has 6 heteroatoms. The van der Waals surface area contributed by atoms with Crippen LogP contribution in [0.15, 0.2) is 78.9 Å². The maximum Gasteiger partial charge on any atom is 0.416 e. The summed E-state index contributed by atoms with van der Waals surface area (Å²) < 4.78 is 44.0. The number of halogens is 3. The predicted molar refractivity (Wildman–Crippen MR) is 134 cm³/mol. The first kappa shape index (κ1) is 26.0. The zero-order valence-electron chi connectivity index (χ0n) is 20.4. The van der Waals surface area contributed by atoms with Gasteiger partial charge in [0, 0.05) is 5.92 Å². The van der Waals surface area contributed by atoms with Crippen molar-refractivity contribution in [3.8, 4) is 0 Å². The summed E-state index contributed by atoms with van der Waals surface area (Å²) in [5, 5.41) is 3.21. The molecule has 0 aliphatic heterocycles. The van der Waals surface area contributed by atoms with Crippen LogP contribution in [0, 0.1) is 5.92 Å². The number of hydrogen-bond acceptors (Lipinski definition) is 2. The second-order valence-electron chi connectivity index (χ2n) is 9.57. The highest BCUT2D eigenvalue weighted by Gasteiger charge is 2.33. The molecule has 0 radical (unpaired) electrons. The van der Waals surface area contributed by atoms with Gasteiger partial charge < -0.3 is 10.1 Å². The number of ether oxygens (including phenoxy) is 1. The van der Waals surface area contributed by atoms with E-state index in [-0.39, 0.29) is 30.4 Å². The molecule has 1 saturated carbocycles. The molecule has 190 valence electrons. The second-order valence-corrected chi connectivity index (χ2v) is 9.57. The number of amides is 1. The quantitative estimate of drug-likeness (QED) is 0.350. The van der Waals surface area contributed by atoms with Crippen LogP contribution in [0.2, 0.25) is 0 Å². The van der Waals surface area contributed by atoms with Gasteiger partial charge in [0.25, 0.3) is 0 Å². The first-order valence-electron chi connectivity index (χ1n) is 12.5. The van der Waals surface area contributed by atoms with E-state index >= 15 is 0 Å². The van der Waals surface area contributed by atoms with E-state index < -0.39 is 11.7 Å². The van der Waals surface area contributed by atoms with E-state index in [0.717, 1.165) is 54.5 Å². The standard InChI is InChI=1S/C30H32F3NO2/c1-21(24-9-3-2-4-10-24)34-29(35)28-13-6-5-12-27(28)25-11-7-8-23(18-25)20-36-19-22-14-16-26(17-15-22)30(31,32)33/h2-4,7-11,14-18,21,27-28H,5-6,12-13,19-20H2,1H3,(H,34,35)/t21-,27?,28?/m0/s1. The summed E-state index contributed by atoms with van der Waals surface area (Å²) in [6.07, 6.45) is -0.366. The van der Waals surface area contributed by atoms with E-state index in [9.17, 15) is 18.0 Å². The summed E-state index contributed by atoms with van der Waals surface area (Å²) in [5.74, 6) is 0.171. The van der Waals surface area contributed by atoms with Gasteiger partial charge in [0.15, 0.2) is 0 Å². The first-order valence-corrected chi connectivity index (χ1v) is 12.5. The van der Waals surface area contributed by atoms with Gasteiger partial charge in [0.05, 0.1) is 24.8 Å². The zero-order chi connectivity index (χ0) is 25.5. The summed E-state index contributed by atoms with van der Waals surface area (Å²) in [6, 6.07) is 23.1. The molecule has 1 aliphatic carbocycles. The van der Waals surface area contributed by atoms with Crippen LogP contribution < -0.4 is 5.32 Å². The number of alkyl halides is 3. The molecule has 1 aliphatic rings. The first-order chi connectivity index (χ1) is 17.3. The van der Waals surface area contributed by atoms with Crippen molar-refractivity contribution < 1.29 is 22.7 Å². The lowest BCUT2D eigenvalue weighted by molar-refractivity contribution is -0.137. The molecule has 0 saturated heterocycles. The highest BCUT2D eigenvalue weighted by molar-refractivity contribution is 5.80. The van der Waals surface area contributed by atoms with Crippen LogP contribution in [0.3, 0.4) is 0 Å². The van der Waals surface area contributed by atoms with Crippen LogP contribution >= 0.6 is 0 Å². The highest BCUT2D eigenvalue weighted by atomic mass is 19.4. The largest absolute Gasteiger partial charge is 0.416 e. The molecular weight excluding hydrogens is 463 g/mol. The smallest absolute Gasteiger partial charge is 0.372 e. The second kappa shape index (κ2) is 11.7. The molecule has 0 bridgehead atoms. The molecule has 2 unspecified atom stereocenters. The van der Waals surface area contributed by atoms with Crippen molar-refractivity contribution >= 4 is 5.91 Å². The van der Waals surface area contributed by atoms with Gasteiger partial charge in [-0.3, -0.25) is 4.79 Å². The molecular formula is C30H32F3NO2. The molecule has 3 nitrogen and oxygen atoms in total. The summed E-state index contributed by atoms with van der Waals surface area (Å²) in [6.45, 7) is 2.59. The van der Waals surface area contributed by atoms with Crippen molar-refractivity contribution in [2.24, 2.45) is 5.92 Å². The van der Waals surface area contributed by atoms with Gasteiger partial charge in [-0.2, -0.15) is 13.2 Å². The summed E-state index contributed by atoms with van der Waals surface area (Å²) in [5.41, 5.74) is 3.24. The Kier molecular flexibility index (Phi) is 8.47. The fourth-order valence-corrected chi connectivity index (χ4v) is 4.98. The van der Waals surface area contributed by atoms with Crippen LogP contribution in [0.1, 0.15) is 72.4 Å². The molecule has 1 N–H and O–H groups in total. The third-order valence-electron chi connectivity index (χ3n) is 6.96. The fourth-order valence-electron chi connectivity index (χ4n) is 4.98. The SMILES string of the molecule is C[C@H](NC(=O)C1CCCCC1c1cccc(COCc2ccc(C(F)(F)F)cc2)c1)c1ccccc1. The summed E-state index contributed by atoms with van der Waals surface area (Å²) in [4.78, 5) is 13.3. The van der Waals surface area contributed by atoms with Crippen LogP contribution in [-0.4, -0.2) is 5.91 Å². The van der Waals surface area contributed by atoms with Gasteiger partial charge in [-0.25, -0.2) is 0 Å². The van der Waals surface area contributed by atoms with E-state index in [1.165, 1.54) is 12.1 Å². The molecule has 0 spiro atoms. The predicted octanol–water partition coefficient (Wildman–Crippen LogP) is 7.57. The van der Waals surface area contributed by atoms with Gasteiger partial charge in [-0.1, -0.05) is 79.6 Å². The van der Waals surface area contributed by atoms with Gasteiger partial charge in [0.1, 0.15) is 0 Å². The van der Waals surface area contributed by atoms with Crippen LogP contribution in [0.5, 0.6) is 0 Å². The maximum absolute atomic E-state index is 13.3. The monoisotopic (exact) mass is 495 g/mol. The van der Waals surface area contributed by atoms with Gasteiger partial charge in [0.2, 0.25) is 5.91 Å². The molecule has 3 atom stereocenters. The van der Waals surface area contributed by atoms with Crippen molar-refractivity contribution in [1.82, 2.24) is 5.32 Å². The van der Waals surface area contributed by atoms with E-state index in [0.29, 0.717) is 12.2 Å². The lowest BCUT2D eigenvalue weighted by Gasteiger charge is -2.32. The molecule has 3 aromatic carbocycles. The average molecular weight is 496 g/mol. The molecule has 1 fully saturated rings. The Morgan fingerprint density at radius 2 is 1.61 bits per heavy atom. The number of carbonyl (C=O) groups is 1. The number of benzene rings is 3. The third kappa shape index (κ3) is 6.76. The maximum atomic E-state index is 13.3. The van der Waals surface area contributed by atoms with Gasteiger partial charge in [-0.05, 0) is 60.1 Å². The van der Waals surface area contributed by atoms with E-state index in [1.807, 2.05) is 49.4 Å². The Labute approximate surface area is 210 Å². The van der Waals surface area contributed by atoms with E-state index in [2.05, 4.69) is 17.4 Å². The van der Waals surface area contributed by atoms with E-state index in [4.69, 9.17) is 4.74 Å². The van der Waals surface area contributed by atoms with Crippen molar-refractivity contribution in [2.45, 2.75) is 64.0 Å². The number of carbonyl (C=O) groups excluding carboxylic acids is 1. The zero-order valence-corrected chi connectivity index (χ0v) is 20.4. The Morgan fingerprint density at radius 3 is 2.33 bits per heavy atom. The Bertz CT molecular complexity index is 1130. The van der Waals surface area contributed by atoms with Crippen LogP contribution in [-0.2, 0) is 28.9 Å².